The summed E-state index contributed by atoms with van der Waals surface area (Å²) in [6, 6.07) is 5.18. The predicted molar refractivity (Wildman–Crippen MR) is 77.9 cm³/mol. The van der Waals surface area contributed by atoms with Crippen molar-refractivity contribution in [1.82, 2.24) is 9.62 Å². The normalized spacial score (nSPS) is 12.8. The fourth-order valence-corrected chi connectivity index (χ4v) is 3.26. The number of benzene rings is 1. The van der Waals surface area contributed by atoms with E-state index in [2.05, 4.69) is 4.72 Å². The van der Waals surface area contributed by atoms with E-state index in [0.717, 1.165) is 12.8 Å². The Morgan fingerprint density at radius 2 is 1.50 bits per heavy atom. The molecule has 0 heterocycles. The van der Waals surface area contributed by atoms with Gasteiger partial charge in [0.25, 0.3) is 0 Å². The molecule has 8 heteroatoms. The summed E-state index contributed by atoms with van der Waals surface area (Å²) < 4.78 is 49.0. The zero-order valence-corrected chi connectivity index (χ0v) is 13.5. The molecule has 0 unspecified atom stereocenters. The van der Waals surface area contributed by atoms with Gasteiger partial charge in [-0.1, -0.05) is 0 Å². The second-order valence-corrected chi connectivity index (χ2v) is 8.58. The van der Waals surface area contributed by atoms with Crippen LogP contribution in [0.3, 0.4) is 0 Å². The van der Waals surface area contributed by atoms with Gasteiger partial charge in [-0.05, 0) is 51.3 Å². The van der Waals surface area contributed by atoms with Crippen LogP contribution in [0.5, 0.6) is 0 Å². The number of nitrogens with zero attached hydrogens (tertiary/aromatic N) is 1. The van der Waals surface area contributed by atoms with Gasteiger partial charge >= 0.3 is 0 Å². The Hall–Kier alpha value is -0.960. The molecule has 20 heavy (non-hydrogen) atoms. The Bertz CT molecular complexity index is 635. The maximum Gasteiger partial charge on any atom is 0.240 e. The van der Waals surface area contributed by atoms with Gasteiger partial charge in [0, 0.05) is 12.8 Å². The smallest absolute Gasteiger partial charge is 0.240 e. The highest BCUT2D eigenvalue weighted by Gasteiger charge is 2.14. The Labute approximate surface area is 120 Å². The van der Waals surface area contributed by atoms with Crippen molar-refractivity contribution in [2.24, 2.45) is 0 Å². The van der Waals surface area contributed by atoms with Gasteiger partial charge in [0.15, 0.2) is 9.84 Å². The summed E-state index contributed by atoms with van der Waals surface area (Å²) in [7, 11) is -3.07. The molecule has 0 amide bonds. The van der Waals surface area contributed by atoms with Crippen LogP contribution in [-0.4, -0.2) is 55.2 Å². The number of sulfone groups is 1. The van der Waals surface area contributed by atoms with Crippen molar-refractivity contribution in [3.8, 4) is 0 Å². The van der Waals surface area contributed by atoms with Crippen molar-refractivity contribution in [3.63, 3.8) is 0 Å². The van der Waals surface area contributed by atoms with E-state index in [1.54, 1.807) is 0 Å². The van der Waals surface area contributed by atoms with Crippen LogP contribution in [0, 0.1) is 0 Å². The van der Waals surface area contributed by atoms with E-state index >= 15 is 0 Å². The molecular formula is C12H20N2O4S2. The van der Waals surface area contributed by atoms with Crippen LogP contribution in [0.4, 0.5) is 0 Å². The van der Waals surface area contributed by atoms with Gasteiger partial charge in [0.2, 0.25) is 10.0 Å². The van der Waals surface area contributed by atoms with Crippen molar-refractivity contribution >= 4 is 19.9 Å². The minimum atomic E-state index is -3.58. The van der Waals surface area contributed by atoms with E-state index in [1.165, 1.54) is 24.3 Å². The van der Waals surface area contributed by atoms with E-state index in [4.69, 9.17) is 0 Å². The Morgan fingerprint density at radius 3 is 1.95 bits per heavy atom. The van der Waals surface area contributed by atoms with Crippen LogP contribution in [-0.2, 0) is 19.9 Å². The SMILES string of the molecule is CN(C)CCCNS(=O)(=O)c1ccc(S(C)(=O)=O)cc1. The van der Waals surface area contributed by atoms with Crippen LogP contribution >= 0.6 is 0 Å². The molecule has 0 aromatic heterocycles. The van der Waals surface area contributed by atoms with Gasteiger partial charge in [-0.15, -0.1) is 0 Å². The highest BCUT2D eigenvalue weighted by molar-refractivity contribution is 7.90. The van der Waals surface area contributed by atoms with Gasteiger partial charge in [-0.2, -0.15) is 0 Å². The lowest BCUT2D eigenvalue weighted by atomic mass is 10.4. The predicted octanol–water partition coefficient (Wildman–Crippen LogP) is 0.320. The van der Waals surface area contributed by atoms with E-state index in [1.807, 2.05) is 19.0 Å². The van der Waals surface area contributed by atoms with Crippen molar-refractivity contribution in [2.45, 2.75) is 16.2 Å². The maximum atomic E-state index is 12.0. The third kappa shape index (κ3) is 5.20. The molecule has 0 saturated heterocycles. The first-order chi connectivity index (χ1) is 9.13. The average molecular weight is 320 g/mol. The van der Waals surface area contributed by atoms with Crippen molar-refractivity contribution < 1.29 is 16.8 Å². The highest BCUT2D eigenvalue weighted by Crippen LogP contribution is 2.14. The van der Waals surface area contributed by atoms with Gasteiger partial charge < -0.3 is 4.90 Å². The van der Waals surface area contributed by atoms with Gasteiger partial charge in [0.1, 0.15) is 0 Å². The van der Waals surface area contributed by atoms with Gasteiger partial charge in [-0.3, -0.25) is 0 Å². The minimum Gasteiger partial charge on any atom is -0.309 e. The third-order valence-electron chi connectivity index (χ3n) is 2.64. The van der Waals surface area contributed by atoms with E-state index in [-0.39, 0.29) is 9.79 Å². The van der Waals surface area contributed by atoms with Crippen LogP contribution < -0.4 is 4.72 Å². The molecule has 1 N–H and O–H groups in total. The number of rotatable bonds is 7. The summed E-state index contributed by atoms with van der Waals surface area (Å²) >= 11 is 0. The first kappa shape index (κ1) is 17.1. The molecule has 0 radical (unpaired) electrons. The molecule has 0 fully saturated rings. The lowest BCUT2D eigenvalue weighted by Crippen LogP contribution is -2.27. The largest absolute Gasteiger partial charge is 0.309 e. The molecule has 0 atom stereocenters. The second-order valence-electron chi connectivity index (χ2n) is 4.80. The fourth-order valence-electron chi connectivity index (χ4n) is 1.55. The lowest BCUT2D eigenvalue weighted by molar-refractivity contribution is 0.400. The van der Waals surface area contributed by atoms with Crippen LogP contribution in [0.25, 0.3) is 0 Å². The zero-order valence-electron chi connectivity index (χ0n) is 11.8. The fraction of sp³-hybridized carbons (Fsp3) is 0.500. The monoisotopic (exact) mass is 320 g/mol. The lowest BCUT2D eigenvalue weighted by Gasteiger charge is -2.10. The molecule has 1 aromatic rings. The first-order valence-corrected chi connectivity index (χ1v) is 9.45. The summed E-state index contributed by atoms with van der Waals surface area (Å²) in [6.45, 7) is 1.13. The quantitative estimate of drug-likeness (QED) is 0.732. The molecule has 0 aliphatic heterocycles. The first-order valence-electron chi connectivity index (χ1n) is 6.07. The highest BCUT2D eigenvalue weighted by atomic mass is 32.2. The zero-order chi connectivity index (χ0) is 15.4. The van der Waals surface area contributed by atoms with Crippen LogP contribution in [0.2, 0.25) is 0 Å². The Kier molecular flexibility index (Phi) is 5.69. The number of nitrogens with one attached hydrogen (secondary N) is 1. The standard InChI is InChI=1S/C12H20N2O4S2/c1-14(2)10-4-9-13-20(17,18)12-7-5-11(6-8-12)19(3,15)16/h5-8,13H,4,9-10H2,1-3H3. The second kappa shape index (κ2) is 6.66. The van der Waals surface area contributed by atoms with Crippen molar-refractivity contribution in [1.29, 1.82) is 0 Å². The van der Waals surface area contributed by atoms with Crippen molar-refractivity contribution in [3.05, 3.63) is 24.3 Å². The van der Waals surface area contributed by atoms with E-state index in [0.29, 0.717) is 13.0 Å². The molecule has 1 aromatic carbocycles. The summed E-state index contributed by atoms with van der Waals surface area (Å²) in [5.74, 6) is 0. The topological polar surface area (TPSA) is 83.6 Å². The molecular weight excluding hydrogens is 300 g/mol. The van der Waals surface area contributed by atoms with Crippen LogP contribution in [0.15, 0.2) is 34.1 Å². The number of hydrogen-bond acceptors (Lipinski definition) is 5. The minimum absolute atomic E-state index is 0.0646. The number of hydrogen-bond donors (Lipinski definition) is 1. The molecule has 114 valence electrons. The maximum absolute atomic E-state index is 12.0. The van der Waals surface area contributed by atoms with E-state index in [9.17, 15) is 16.8 Å². The Balaban J connectivity index is 2.73. The molecule has 0 aliphatic carbocycles. The summed E-state index contributed by atoms with van der Waals surface area (Å²) in [4.78, 5) is 2.13. The molecule has 0 aliphatic rings. The van der Waals surface area contributed by atoms with Crippen molar-refractivity contribution in [2.75, 3.05) is 33.4 Å². The molecule has 0 bridgehead atoms. The molecule has 0 spiro atoms. The summed E-state index contributed by atoms with van der Waals surface area (Å²) in [5.41, 5.74) is 0. The summed E-state index contributed by atoms with van der Waals surface area (Å²) in [6.07, 6.45) is 1.78. The molecule has 0 saturated carbocycles. The number of sulfonamides is 1. The molecule has 6 nitrogen and oxygen atoms in total. The Morgan fingerprint density at radius 1 is 1.00 bits per heavy atom. The summed E-state index contributed by atoms with van der Waals surface area (Å²) in [5, 5.41) is 0. The van der Waals surface area contributed by atoms with E-state index < -0.39 is 19.9 Å². The molecule has 1 rings (SSSR count). The van der Waals surface area contributed by atoms with Gasteiger partial charge in [0.05, 0.1) is 9.79 Å². The van der Waals surface area contributed by atoms with Crippen LogP contribution in [0.1, 0.15) is 6.42 Å². The third-order valence-corrected chi connectivity index (χ3v) is 5.24. The van der Waals surface area contributed by atoms with Gasteiger partial charge in [-0.25, -0.2) is 21.6 Å². The average Bonchev–Trinajstić information content (AvgIpc) is 2.34.